The minimum Gasteiger partial charge on any atom is -0.656 e. The van der Waals surface area contributed by atoms with E-state index < -0.39 is 0 Å². The van der Waals surface area contributed by atoms with Crippen LogP contribution in [-0.2, 0) is 32.7 Å². The molecule has 0 unspecified atom stereocenters. The average Bonchev–Trinajstić information content (AvgIpc) is 0.918. The van der Waals surface area contributed by atoms with Crippen molar-refractivity contribution in [2.75, 3.05) is 0 Å². The molecule has 4 heavy (non-hydrogen) atoms. The Balaban J connectivity index is 0. The summed E-state index contributed by atoms with van der Waals surface area (Å²) in [5.41, 5.74) is 0. The summed E-state index contributed by atoms with van der Waals surface area (Å²) in [6.07, 6.45) is 5.79. The van der Waals surface area contributed by atoms with Gasteiger partial charge in [-0.05, 0) is 0 Å². The van der Waals surface area contributed by atoms with E-state index in [-0.39, 0.29) is 32.7 Å². The van der Waals surface area contributed by atoms with Gasteiger partial charge in [0.25, 0.3) is 0 Å². The largest absolute Gasteiger partial charge is 0.656 e. The number of halogens is 1. The maximum Gasteiger partial charge on any atom is 0 e. The normalized spacial score (nSPS) is 2.00. The van der Waals surface area contributed by atoms with E-state index in [0.29, 0.717) is 6.17 Å². The van der Waals surface area contributed by atoms with Gasteiger partial charge in [0.1, 0.15) is 0 Å². The van der Waals surface area contributed by atoms with Gasteiger partial charge in [0.05, 0.1) is 0 Å². The van der Waals surface area contributed by atoms with Gasteiger partial charge in [-0.3, -0.25) is 0 Å². The van der Waals surface area contributed by atoms with Crippen molar-refractivity contribution >= 4 is 0 Å². The molecule has 0 heterocycles. The van der Waals surface area contributed by atoms with E-state index in [9.17, 15) is 4.39 Å². The molecule has 0 N–H and O–H groups in total. The van der Waals surface area contributed by atoms with Crippen molar-refractivity contribution < 1.29 is 37.1 Å². The SMILES string of the molecule is [C-]#CF.[Y]. The maximum absolute atomic E-state index is 9.71. The molecule has 0 atom stereocenters. The van der Waals surface area contributed by atoms with E-state index in [1.54, 1.807) is 0 Å². The Labute approximate surface area is 49.7 Å². The smallest absolute Gasteiger partial charge is 0 e. The second-order valence-corrected chi connectivity index (χ2v) is 0.0945. The molecule has 0 aromatic rings. The van der Waals surface area contributed by atoms with E-state index in [1.165, 1.54) is 0 Å². The monoisotopic (exact) mass is 132 g/mol. The van der Waals surface area contributed by atoms with Gasteiger partial charge >= 0.3 is 0 Å². The molecule has 0 aromatic carbocycles. The first-order chi connectivity index (χ1) is 1.41. The summed E-state index contributed by atoms with van der Waals surface area (Å²) in [5, 5.41) is 0. The first-order valence-corrected chi connectivity index (χ1v) is 0.439. The fraction of sp³-hybridized carbons (Fsp3) is 0. The zero-order valence-electron chi connectivity index (χ0n) is 1.96. The molecular weight excluding hydrogens is 132 g/mol. The van der Waals surface area contributed by atoms with Crippen molar-refractivity contribution in [2.45, 2.75) is 0 Å². The Hall–Kier alpha value is 0.594. The Morgan fingerprint density at radius 2 is 1.75 bits per heavy atom. The van der Waals surface area contributed by atoms with Gasteiger partial charge in [-0.25, -0.2) is 0 Å². The van der Waals surface area contributed by atoms with Crippen LogP contribution in [-0.4, -0.2) is 0 Å². The summed E-state index contributed by atoms with van der Waals surface area (Å²) in [6.45, 7) is 0. The molecule has 0 saturated carbocycles. The van der Waals surface area contributed by atoms with Crippen LogP contribution < -0.4 is 0 Å². The molecule has 19 valence electrons. The molecule has 0 aliphatic heterocycles. The molecule has 0 aromatic heterocycles. The second kappa shape index (κ2) is 9.52. The van der Waals surface area contributed by atoms with Crippen LogP contribution in [0, 0.1) is 12.6 Å². The van der Waals surface area contributed by atoms with Crippen LogP contribution in [0.5, 0.6) is 0 Å². The molecule has 0 saturated heterocycles. The summed E-state index contributed by atoms with van der Waals surface area (Å²) in [7, 11) is 0. The van der Waals surface area contributed by atoms with Crippen LogP contribution in [0.4, 0.5) is 4.39 Å². The third kappa shape index (κ3) is 18.7. The van der Waals surface area contributed by atoms with Crippen LogP contribution in [0.3, 0.4) is 0 Å². The fourth-order valence-electron chi connectivity index (χ4n) is 0. The predicted molar refractivity (Wildman–Crippen MR) is 8.24 cm³/mol. The zero-order valence-corrected chi connectivity index (χ0v) is 4.79. The Morgan fingerprint density at radius 1 is 1.75 bits per heavy atom. The van der Waals surface area contributed by atoms with Gasteiger partial charge in [0, 0.05) is 32.7 Å². The first kappa shape index (κ1) is 8.82. The van der Waals surface area contributed by atoms with Crippen molar-refractivity contribution in [3.05, 3.63) is 6.42 Å². The predicted octanol–water partition coefficient (Wildman–Crippen LogP) is 0.501. The van der Waals surface area contributed by atoms with Crippen LogP contribution >= 0.6 is 0 Å². The molecule has 0 rings (SSSR count). The zero-order chi connectivity index (χ0) is 2.71. The minimum atomic E-state index is 0. The van der Waals surface area contributed by atoms with Crippen molar-refractivity contribution in [2.24, 2.45) is 0 Å². The van der Waals surface area contributed by atoms with Crippen molar-refractivity contribution in [3.63, 3.8) is 0 Å². The van der Waals surface area contributed by atoms with Crippen molar-refractivity contribution in [3.8, 4) is 6.17 Å². The van der Waals surface area contributed by atoms with Crippen molar-refractivity contribution in [1.29, 1.82) is 0 Å². The molecule has 0 nitrogen and oxygen atoms in total. The second-order valence-electron chi connectivity index (χ2n) is 0.0945. The van der Waals surface area contributed by atoms with E-state index in [1.807, 2.05) is 0 Å². The van der Waals surface area contributed by atoms with Gasteiger partial charge in [-0.2, -0.15) is 10.6 Å². The van der Waals surface area contributed by atoms with Crippen LogP contribution in [0.15, 0.2) is 0 Å². The number of rotatable bonds is 0. The fourth-order valence-corrected chi connectivity index (χ4v) is 0. The molecule has 0 bridgehead atoms. The van der Waals surface area contributed by atoms with Crippen molar-refractivity contribution in [1.82, 2.24) is 0 Å². The summed E-state index contributed by atoms with van der Waals surface area (Å²) in [4.78, 5) is 0. The number of hydrogen-bond donors (Lipinski definition) is 0. The maximum atomic E-state index is 9.71. The van der Waals surface area contributed by atoms with Crippen LogP contribution in [0.25, 0.3) is 0 Å². The molecule has 0 fully saturated rings. The van der Waals surface area contributed by atoms with Gasteiger partial charge in [0.2, 0.25) is 0 Å². The third-order valence-electron chi connectivity index (χ3n) is 0. The summed E-state index contributed by atoms with van der Waals surface area (Å²) in [6, 6.07) is 0. The van der Waals surface area contributed by atoms with E-state index in [2.05, 4.69) is 0 Å². The van der Waals surface area contributed by atoms with E-state index in [4.69, 9.17) is 6.42 Å². The molecule has 0 aliphatic carbocycles. The third-order valence-corrected chi connectivity index (χ3v) is 0. The topological polar surface area (TPSA) is 0 Å². The van der Waals surface area contributed by atoms with E-state index in [0.717, 1.165) is 0 Å². The summed E-state index contributed by atoms with van der Waals surface area (Å²) in [5.74, 6) is 0. The Morgan fingerprint density at radius 3 is 1.75 bits per heavy atom. The van der Waals surface area contributed by atoms with Gasteiger partial charge < -0.3 is 6.42 Å². The molecule has 0 spiro atoms. The molecule has 2 heteroatoms. The summed E-state index contributed by atoms with van der Waals surface area (Å²) < 4.78 is 9.71. The molecule has 0 amide bonds. The average molecular weight is 132 g/mol. The number of hydrogen-bond acceptors (Lipinski definition) is 0. The Kier molecular flexibility index (Phi) is 21.0. The van der Waals surface area contributed by atoms with Crippen LogP contribution in [0.1, 0.15) is 0 Å². The van der Waals surface area contributed by atoms with Gasteiger partial charge in [0.15, 0.2) is 0 Å². The van der Waals surface area contributed by atoms with Gasteiger partial charge in [-0.1, -0.05) is 0 Å². The molecule has 0 aliphatic rings. The molecular formula is C2FY-. The summed E-state index contributed by atoms with van der Waals surface area (Å²) >= 11 is 0. The van der Waals surface area contributed by atoms with E-state index >= 15 is 0 Å². The molecule has 1 radical (unpaired) electrons. The minimum absolute atomic E-state index is 0. The standard InChI is InChI=1S/C2F.Y/c1-2-3;/q-1;. The van der Waals surface area contributed by atoms with Crippen LogP contribution in [0.2, 0.25) is 0 Å². The van der Waals surface area contributed by atoms with Gasteiger partial charge in [-0.15, -0.1) is 0 Å². The first-order valence-electron chi connectivity index (χ1n) is 0.439. The Bertz CT molecular complexity index is 27.5. The quantitative estimate of drug-likeness (QED) is 0.332.